The molecule has 2 amide bonds. The van der Waals surface area contributed by atoms with Gasteiger partial charge in [0.05, 0.1) is 19.4 Å². The van der Waals surface area contributed by atoms with Crippen LogP contribution in [0.2, 0.25) is 0 Å². The van der Waals surface area contributed by atoms with Crippen LogP contribution in [-0.4, -0.2) is 29.8 Å². The second-order valence-corrected chi connectivity index (χ2v) is 5.65. The molecular weight excluding hydrogens is 280 g/mol. The van der Waals surface area contributed by atoms with Crippen molar-refractivity contribution in [3.8, 4) is 0 Å². The van der Waals surface area contributed by atoms with Gasteiger partial charge in [0.25, 0.3) is 0 Å². The van der Waals surface area contributed by atoms with Gasteiger partial charge in [0.1, 0.15) is 5.76 Å². The fourth-order valence-corrected chi connectivity index (χ4v) is 2.59. The van der Waals surface area contributed by atoms with Gasteiger partial charge >= 0.3 is 0 Å². The first-order valence-electron chi connectivity index (χ1n) is 7.87. The molecule has 5 nitrogen and oxygen atoms in total. The van der Waals surface area contributed by atoms with Gasteiger partial charge in [-0.1, -0.05) is 11.6 Å². The van der Waals surface area contributed by atoms with Crippen LogP contribution in [0.1, 0.15) is 44.8 Å². The van der Waals surface area contributed by atoms with Crippen LogP contribution in [0.15, 0.2) is 34.5 Å². The van der Waals surface area contributed by atoms with Crippen LogP contribution < -0.4 is 5.32 Å². The molecule has 22 heavy (non-hydrogen) atoms. The summed E-state index contributed by atoms with van der Waals surface area (Å²) in [5.74, 6) is 0.476. The van der Waals surface area contributed by atoms with Crippen molar-refractivity contribution < 1.29 is 14.0 Å². The van der Waals surface area contributed by atoms with Gasteiger partial charge in [-0.3, -0.25) is 9.59 Å². The fourth-order valence-electron chi connectivity index (χ4n) is 2.59. The highest BCUT2D eigenvalue weighted by Gasteiger charge is 2.14. The molecule has 0 aromatic carbocycles. The Morgan fingerprint density at radius 3 is 2.86 bits per heavy atom. The minimum absolute atomic E-state index is 0.0652. The number of nitrogens with zero attached hydrogens (tertiary/aromatic N) is 1. The minimum Gasteiger partial charge on any atom is -0.467 e. The largest absolute Gasteiger partial charge is 0.467 e. The quantitative estimate of drug-likeness (QED) is 0.788. The van der Waals surface area contributed by atoms with Gasteiger partial charge in [-0.25, -0.2) is 0 Å². The van der Waals surface area contributed by atoms with Gasteiger partial charge < -0.3 is 14.6 Å². The molecule has 0 spiro atoms. The number of hydrogen-bond donors (Lipinski definition) is 1. The SMILES string of the molecule is CC(=O)N(CCC1=CCCCC1)CC(=O)NCc1ccco1. The molecule has 1 aromatic rings. The molecule has 5 heteroatoms. The van der Waals surface area contributed by atoms with E-state index in [1.165, 1.54) is 25.3 Å². The minimum atomic E-state index is -0.163. The molecule has 0 unspecified atom stereocenters. The first kappa shape index (κ1) is 16.3. The van der Waals surface area contributed by atoms with Crippen molar-refractivity contribution in [2.45, 2.75) is 45.6 Å². The smallest absolute Gasteiger partial charge is 0.240 e. The highest BCUT2D eigenvalue weighted by atomic mass is 16.3. The van der Waals surface area contributed by atoms with Crippen LogP contribution in [0.4, 0.5) is 0 Å². The first-order valence-corrected chi connectivity index (χ1v) is 7.87. The lowest BCUT2D eigenvalue weighted by atomic mass is 9.97. The van der Waals surface area contributed by atoms with Gasteiger partial charge in [0.15, 0.2) is 0 Å². The lowest BCUT2D eigenvalue weighted by molar-refractivity contribution is -0.134. The van der Waals surface area contributed by atoms with E-state index in [9.17, 15) is 9.59 Å². The molecule has 1 heterocycles. The first-order chi connectivity index (χ1) is 10.6. The lowest BCUT2D eigenvalue weighted by Crippen LogP contribution is -2.40. The van der Waals surface area contributed by atoms with E-state index in [0.29, 0.717) is 18.8 Å². The summed E-state index contributed by atoms with van der Waals surface area (Å²) in [4.78, 5) is 25.2. The van der Waals surface area contributed by atoms with Gasteiger partial charge in [0, 0.05) is 13.5 Å². The van der Waals surface area contributed by atoms with Gasteiger partial charge in [0.2, 0.25) is 11.8 Å². The predicted octanol–water partition coefficient (Wildman–Crippen LogP) is 2.63. The molecule has 1 N–H and O–H groups in total. The highest BCUT2D eigenvalue weighted by molar-refractivity contribution is 5.83. The molecule has 0 radical (unpaired) electrons. The summed E-state index contributed by atoms with van der Waals surface area (Å²) in [5, 5.41) is 2.77. The van der Waals surface area contributed by atoms with Gasteiger partial charge in [-0.15, -0.1) is 0 Å². The second kappa shape index (κ2) is 8.41. The van der Waals surface area contributed by atoms with Crippen LogP contribution in [0.3, 0.4) is 0 Å². The summed E-state index contributed by atoms with van der Waals surface area (Å²) >= 11 is 0. The van der Waals surface area contributed by atoms with Crippen LogP contribution in [-0.2, 0) is 16.1 Å². The molecule has 0 saturated carbocycles. The van der Waals surface area contributed by atoms with Crippen molar-refractivity contribution in [3.05, 3.63) is 35.8 Å². The van der Waals surface area contributed by atoms with E-state index in [2.05, 4.69) is 11.4 Å². The molecule has 0 bridgehead atoms. The summed E-state index contributed by atoms with van der Waals surface area (Å²) in [6, 6.07) is 3.58. The Morgan fingerprint density at radius 1 is 1.36 bits per heavy atom. The van der Waals surface area contributed by atoms with E-state index < -0.39 is 0 Å². The molecule has 120 valence electrons. The summed E-state index contributed by atoms with van der Waals surface area (Å²) in [7, 11) is 0. The predicted molar refractivity (Wildman–Crippen MR) is 84.0 cm³/mol. The van der Waals surface area contributed by atoms with Crippen molar-refractivity contribution in [2.75, 3.05) is 13.1 Å². The zero-order chi connectivity index (χ0) is 15.8. The standard InChI is InChI=1S/C17H24N2O3/c1-14(20)19(10-9-15-6-3-2-4-7-15)13-17(21)18-12-16-8-5-11-22-16/h5-6,8,11H,2-4,7,9-10,12-13H2,1H3,(H,18,21). The van der Waals surface area contributed by atoms with E-state index in [-0.39, 0.29) is 18.4 Å². The van der Waals surface area contributed by atoms with Crippen molar-refractivity contribution in [1.29, 1.82) is 0 Å². The number of carbonyl (C=O) groups excluding carboxylic acids is 2. The number of rotatable bonds is 7. The Balaban J connectivity index is 1.76. The zero-order valence-corrected chi connectivity index (χ0v) is 13.1. The molecule has 2 rings (SSSR count). The summed E-state index contributed by atoms with van der Waals surface area (Å²) in [5.41, 5.74) is 1.41. The van der Waals surface area contributed by atoms with Crippen LogP contribution in [0.5, 0.6) is 0 Å². The average Bonchev–Trinajstić information content (AvgIpc) is 3.03. The zero-order valence-electron chi connectivity index (χ0n) is 13.1. The molecule has 0 fully saturated rings. The summed E-state index contributed by atoms with van der Waals surface area (Å²) in [6.45, 7) is 2.57. The molecule has 0 atom stereocenters. The molecule has 1 aliphatic rings. The highest BCUT2D eigenvalue weighted by Crippen LogP contribution is 2.20. The average molecular weight is 304 g/mol. The normalized spacial score (nSPS) is 14.3. The fraction of sp³-hybridized carbons (Fsp3) is 0.529. The second-order valence-electron chi connectivity index (χ2n) is 5.65. The van der Waals surface area contributed by atoms with E-state index in [4.69, 9.17) is 4.42 Å². The van der Waals surface area contributed by atoms with E-state index in [1.807, 2.05) is 0 Å². The summed E-state index contributed by atoms with van der Waals surface area (Å²) < 4.78 is 5.16. The van der Waals surface area contributed by atoms with Crippen LogP contribution in [0.25, 0.3) is 0 Å². The Kier molecular flexibility index (Phi) is 6.25. The van der Waals surface area contributed by atoms with Crippen LogP contribution in [0, 0.1) is 0 Å². The maximum absolute atomic E-state index is 11.9. The Hall–Kier alpha value is -2.04. The maximum Gasteiger partial charge on any atom is 0.240 e. The van der Waals surface area contributed by atoms with E-state index in [1.54, 1.807) is 23.3 Å². The number of allylic oxidation sites excluding steroid dienone is 1. The molecule has 0 aliphatic heterocycles. The topological polar surface area (TPSA) is 62.6 Å². The molecule has 1 aromatic heterocycles. The molecular formula is C17H24N2O3. The van der Waals surface area contributed by atoms with Crippen molar-refractivity contribution in [2.24, 2.45) is 0 Å². The maximum atomic E-state index is 11.9. The lowest BCUT2D eigenvalue weighted by Gasteiger charge is -2.22. The van der Waals surface area contributed by atoms with Crippen molar-refractivity contribution in [1.82, 2.24) is 10.2 Å². The third-order valence-corrected chi connectivity index (χ3v) is 3.91. The monoisotopic (exact) mass is 304 g/mol. The third-order valence-electron chi connectivity index (χ3n) is 3.91. The number of furan rings is 1. The van der Waals surface area contributed by atoms with Gasteiger partial charge in [-0.2, -0.15) is 0 Å². The number of nitrogens with one attached hydrogen (secondary N) is 1. The Labute approximate surface area is 131 Å². The molecule has 0 saturated heterocycles. The van der Waals surface area contributed by atoms with E-state index >= 15 is 0 Å². The number of carbonyl (C=O) groups is 2. The van der Waals surface area contributed by atoms with Crippen molar-refractivity contribution >= 4 is 11.8 Å². The molecule has 1 aliphatic carbocycles. The number of hydrogen-bond acceptors (Lipinski definition) is 3. The summed E-state index contributed by atoms with van der Waals surface area (Å²) in [6.07, 6.45) is 9.46. The Bertz CT molecular complexity index is 520. The Morgan fingerprint density at radius 2 is 2.23 bits per heavy atom. The number of amides is 2. The van der Waals surface area contributed by atoms with Gasteiger partial charge in [-0.05, 0) is 44.2 Å². The van der Waals surface area contributed by atoms with E-state index in [0.717, 1.165) is 19.3 Å². The van der Waals surface area contributed by atoms with Crippen LogP contribution >= 0.6 is 0 Å². The van der Waals surface area contributed by atoms with Crippen molar-refractivity contribution in [3.63, 3.8) is 0 Å². The third kappa shape index (κ3) is 5.39.